The van der Waals surface area contributed by atoms with Gasteiger partial charge in [-0.3, -0.25) is 9.78 Å². The molecule has 0 saturated heterocycles. The summed E-state index contributed by atoms with van der Waals surface area (Å²) in [7, 11) is 1.62. The van der Waals surface area contributed by atoms with Crippen LogP contribution in [0, 0.1) is 6.92 Å². The van der Waals surface area contributed by atoms with Crippen molar-refractivity contribution in [2.75, 3.05) is 7.11 Å². The molecule has 0 amide bonds. The summed E-state index contributed by atoms with van der Waals surface area (Å²) in [5, 5.41) is 3.69. The van der Waals surface area contributed by atoms with E-state index in [-0.39, 0.29) is 5.56 Å². The lowest BCUT2D eigenvalue weighted by Crippen LogP contribution is -2.32. The fourth-order valence-corrected chi connectivity index (χ4v) is 3.67. The number of fused-ring (bicyclic) bond motifs is 2. The lowest BCUT2D eigenvalue weighted by Gasteiger charge is -2.11. The molecule has 1 N–H and O–H groups in total. The predicted octanol–water partition coefficient (Wildman–Crippen LogP) is 2.29. The number of nitrogens with one attached hydrogen (secondary N) is 1. The SMILES string of the molecule is COc1ccccc1-c1c2c(=O)n(Cc3ccncc3)ccc2nc2nc(C)[nH][n+]12. The van der Waals surface area contributed by atoms with Gasteiger partial charge in [0.1, 0.15) is 11.1 Å². The van der Waals surface area contributed by atoms with Gasteiger partial charge in [-0.2, -0.15) is 0 Å². The van der Waals surface area contributed by atoms with Gasteiger partial charge in [0.15, 0.2) is 11.2 Å². The van der Waals surface area contributed by atoms with E-state index in [4.69, 9.17) is 4.74 Å². The van der Waals surface area contributed by atoms with Crippen molar-refractivity contribution in [1.82, 2.24) is 24.6 Å². The Bertz CT molecular complexity index is 1440. The van der Waals surface area contributed by atoms with E-state index in [1.165, 1.54) is 0 Å². The van der Waals surface area contributed by atoms with Crippen LogP contribution < -0.4 is 14.8 Å². The van der Waals surface area contributed by atoms with Crippen molar-refractivity contribution in [3.05, 3.63) is 82.8 Å². The molecule has 5 rings (SSSR count). The molecule has 0 fully saturated rings. The van der Waals surface area contributed by atoms with E-state index in [0.29, 0.717) is 40.5 Å². The smallest absolute Gasteiger partial charge is 0.458 e. The number of aryl methyl sites for hydroxylation is 1. The Morgan fingerprint density at radius 1 is 1.10 bits per heavy atom. The largest absolute Gasteiger partial charge is 0.496 e. The zero-order valence-corrected chi connectivity index (χ0v) is 16.5. The van der Waals surface area contributed by atoms with Gasteiger partial charge >= 0.3 is 5.78 Å². The number of methoxy groups -OCH3 is 1. The molecule has 0 atom stereocenters. The molecule has 0 aliphatic rings. The van der Waals surface area contributed by atoms with Gasteiger partial charge in [0, 0.05) is 25.5 Å². The van der Waals surface area contributed by atoms with Crippen molar-refractivity contribution < 1.29 is 9.25 Å². The highest BCUT2D eigenvalue weighted by Gasteiger charge is 2.25. The summed E-state index contributed by atoms with van der Waals surface area (Å²) in [5.41, 5.74) is 2.88. The summed E-state index contributed by atoms with van der Waals surface area (Å²) in [4.78, 5) is 26.7. The average molecular weight is 399 g/mol. The van der Waals surface area contributed by atoms with Crippen LogP contribution in [0.5, 0.6) is 5.75 Å². The number of nitrogens with zero attached hydrogens (tertiary/aromatic N) is 5. The Morgan fingerprint density at radius 2 is 1.90 bits per heavy atom. The first-order chi connectivity index (χ1) is 14.7. The Kier molecular flexibility index (Phi) is 4.24. The molecule has 5 aromatic rings. The molecule has 1 aromatic carbocycles. The van der Waals surface area contributed by atoms with Gasteiger partial charge in [0.25, 0.3) is 5.56 Å². The van der Waals surface area contributed by atoms with Crippen LogP contribution in [0.3, 0.4) is 0 Å². The highest BCUT2D eigenvalue weighted by atomic mass is 16.5. The second kappa shape index (κ2) is 7.07. The molecule has 148 valence electrons. The maximum Gasteiger partial charge on any atom is 0.458 e. The van der Waals surface area contributed by atoms with Crippen molar-refractivity contribution in [3.8, 4) is 17.0 Å². The van der Waals surface area contributed by atoms with Crippen LogP contribution in [0.15, 0.2) is 65.8 Å². The molecule has 30 heavy (non-hydrogen) atoms. The van der Waals surface area contributed by atoms with Crippen LogP contribution in [-0.4, -0.2) is 31.7 Å². The molecule has 8 nitrogen and oxygen atoms in total. The summed E-state index contributed by atoms with van der Waals surface area (Å²) in [6, 6.07) is 13.2. The predicted molar refractivity (Wildman–Crippen MR) is 111 cm³/mol. The summed E-state index contributed by atoms with van der Waals surface area (Å²) in [5.74, 6) is 1.85. The van der Waals surface area contributed by atoms with Gasteiger partial charge in [-0.05, 0) is 35.9 Å². The van der Waals surface area contributed by atoms with Gasteiger partial charge in [-0.1, -0.05) is 22.1 Å². The topological polar surface area (TPSA) is 89.8 Å². The van der Waals surface area contributed by atoms with Crippen LogP contribution in [-0.2, 0) is 6.54 Å². The minimum absolute atomic E-state index is 0.139. The maximum absolute atomic E-state index is 13.6. The number of pyridine rings is 2. The van der Waals surface area contributed by atoms with E-state index in [2.05, 4.69) is 20.1 Å². The zero-order valence-electron chi connectivity index (χ0n) is 16.5. The number of para-hydroxylation sites is 1. The Balaban J connectivity index is 1.86. The number of aromatic nitrogens is 6. The molecule has 4 aromatic heterocycles. The molecule has 0 saturated carbocycles. The molecule has 8 heteroatoms. The molecular weight excluding hydrogens is 380 g/mol. The van der Waals surface area contributed by atoms with Crippen LogP contribution in [0.25, 0.3) is 27.9 Å². The molecule has 0 radical (unpaired) electrons. The van der Waals surface area contributed by atoms with Crippen molar-refractivity contribution in [2.24, 2.45) is 0 Å². The lowest BCUT2D eigenvalue weighted by atomic mass is 10.1. The van der Waals surface area contributed by atoms with Gasteiger partial charge < -0.3 is 9.30 Å². The normalized spacial score (nSPS) is 11.3. The monoisotopic (exact) mass is 399 g/mol. The molecule has 0 spiro atoms. The molecule has 0 aliphatic heterocycles. The van der Waals surface area contributed by atoms with Crippen LogP contribution in [0.4, 0.5) is 0 Å². The third-order valence-electron chi connectivity index (χ3n) is 5.03. The van der Waals surface area contributed by atoms with Crippen molar-refractivity contribution in [3.63, 3.8) is 0 Å². The number of H-pyrrole nitrogens is 1. The molecule has 0 aliphatic carbocycles. The summed E-state index contributed by atoms with van der Waals surface area (Å²) >= 11 is 0. The first-order valence-corrected chi connectivity index (χ1v) is 9.49. The minimum Gasteiger partial charge on any atom is -0.496 e. The maximum atomic E-state index is 13.6. The number of ether oxygens (including phenoxy) is 1. The third kappa shape index (κ3) is 2.89. The fraction of sp³-hybridized carbons (Fsp3) is 0.136. The number of hydrogen-bond acceptors (Lipinski definition) is 5. The second-order valence-electron chi connectivity index (χ2n) is 6.97. The van der Waals surface area contributed by atoms with E-state index in [1.54, 1.807) is 34.8 Å². The van der Waals surface area contributed by atoms with Gasteiger partial charge in [-0.15, -0.1) is 4.52 Å². The fourth-order valence-electron chi connectivity index (χ4n) is 3.67. The molecule has 0 unspecified atom stereocenters. The van der Waals surface area contributed by atoms with Crippen LogP contribution in [0.1, 0.15) is 11.4 Å². The van der Waals surface area contributed by atoms with Gasteiger partial charge in [0.05, 0.1) is 19.2 Å². The molecule has 0 bridgehead atoms. The highest BCUT2D eigenvalue weighted by molar-refractivity contribution is 5.92. The number of aromatic amines is 1. The van der Waals surface area contributed by atoms with Crippen molar-refractivity contribution >= 4 is 16.7 Å². The Morgan fingerprint density at radius 3 is 2.70 bits per heavy atom. The quantitative estimate of drug-likeness (QED) is 0.468. The highest BCUT2D eigenvalue weighted by Crippen LogP contribution is 2.30. The van der Waals surface area contributed by atoms with Crippen molar-refractivity contribution in [1.29, 1.82) is 0 Å². The summed E-state index contributed by atoms with van der Waals surface area (Å²) in [6.45, 7) is 2.29. The number of rotatable bonds is 4. The number of hydrogen-bond donors (Lipinski definition) is 1. The minimum atomic E-state index is -0.139. The Hall–Kier alpha value is -4.07. The third-order valence-corrected chi connectivity index (χ3v) is 5.03. The van der Waals surface area contributed by atoms with E-state index >= 15 is 0 Å². The van der Waals surface area contributed by atoms with Gasteiger partial charge in [-0.25, -0.2) is 5.10 Å². The second-order valence-corrected chi connectivity index (χ2v) is 6.97. The number of benzene rings is 1. The van der Waals surface area contributed by atoms with Gasteiger partial charge in [0.2, 0.25) is 5.82 Å². The molecule has 4 heterocycles. The van der Waals surface area contributed by atoms with E-state index in [0.717, 1.165) is 11.1 Å². The van der Waals surface area contributed by atoms with Crippen molar-refractivity contribution in [2.45, 2.75) is 13.5 Å². The standard InChI is InChI=1S/C22H18N6O2/c1-14-24-22-25-17-9-12-27(13-15-7-10-23-11-8-15)21(29)19(17)20(28(22)26-14)16-5-3-4-6-18(16)30-2/h3-12H,13H2,1-2H3/p+1. The first kappa shape index (κ1) is 18.0. The van der Waals surface area contributed by atoms with E-state index in [9.17, 15) is 4.79 Å². The summed E-state index contributed by atoms with van der Waals surface area (Å²) < 4.78 is 9.00. The Labute approximate surface area is 171 Å². The average Bonchev–Trinajstić information content (AvgIpc) is 3.14. The van der Waals surface area contributed by atoms with Crippen LogP contribution >= 0.6 is 0 Å². The molecular formula is C22H19N6O2+. The lowest BCUT2D eigenvalue weighted by molar-refractivity contribution is -0.567. The zero-order chi connectivity index (χ0) is 20.7. The van der Waals surface area contributed by atoms with E-state index < -0.39 is 0 Å². The summed E-state index contributed by atoms with van der Waals surface area (Å²) in [6.07, 6.45) is 5.20. The first-order valence-electron chi connectivity index (χ1n) is 9.49. The van der Waals surface area contributed by atoms with Crippen LogP contribution in [0.2, 0.25) is 0 Å². The van der Waals surface area contributed by atoms with E-state index in [1.807, 2.05) is 49.4 Å².